The highest BCUT2D eigenvalue weighted by Gasteiger charge is 2.58. The number of hydrogen-bond acceptors (Lipinski definition) is 6. The van der Waals surface area contributed by atoms with Gasteiger partial charge in [0.25, 0.3) is 0 Å². The molecule has 2 saturated heterocycles. The molecule has 1 N–H and O–H groups in total. The second-order valence-corrected chi connectivity index (χ2v) is 8.17. The molecule has 5 atom stereocenters. The van der Waals surface area contributed by atoms with Gasteiger partial charge in [-0.25, -0.2) is 4.79 Å². The van der Waals surface area contributed by atoms with Crippen molar-refractivity contribution in [3.8, 4) is 0 Å². The molecule has 0 radical (unpaired) electrons. The molecule has 0 saturated carbocycles. The molecule has 2 aliphatic heterocycles. The van der Waals surface area contributed by atoms with E-state index in [0.29, 0.717) is 12.0 Å². The predicted molar refractivity (Wildman–Crippen MR) is 103 cm³/mol. The number of hydrogen-bond donors (Lipinski definition) is 1. The number of fused-ring (bicyclic) bond motifs is 2. The van der Waals surface area contributed by atoms with Crippen molar-refractivity contribution in [1.29, 1.82) is 0 Å². The van der Waals surface area contributed by atoms with Gasteiger partial charge >= 0.3 is 11.9 Å². The molecule has 28 heavy (non-hydrogen) atoms. The third-order valence-electron chi connectivity index (χ3n) is 6.10. The fourth-order valence-corrected chi connectivity index (χ4v) is 4.27. The zero-order valence-corrected chi connectivity index (χ0v) is 16.9. The van der Waals surface area contributed by atoms with E-state index in [1.54, 1.807) is 0 Å². The van der Waals surface area contributed by atoms with Gasteiger partial charge in [0.2, 0.25) is 0 Å². The van der Waals surface area contributed by atoms with Gasteiger partial charge in [0.05, 0.1) is 12.7 Å². The molecule has 3 aliphatic rings. The zero-order chi connectivity index (χ0) is 20.5. The summed E-state index contributed by atoms with van der Waals surface area (Å²) in [4.78, 5) is 24.0. The van der Waals surface area contributed by atoms with Gasteiger partial charge in [-0.3, -0.25) is 4.79 Å². The summed E-state index contributed by atoms with van der Waals surface area (Å²) in [6, 6.07) is 0. The van der Waals surface area contributed by atoms with E-state index < -0.39 is 29.7 Å². The first-order valence-corrected chi connectivity index (χ1v) is 9.95. The van der Waals surface area contributed by atoms with E-state index >= 15 is 0 Å². The SMILES string of the molecule is C=C1C(=O)O[C@@H]2[C@@H]1C[C@H]1O[C@]1(CO)CCC=C(C)CCC=C(C)[C@H]2OC(C)=O. The molecule has 0 aromatic carbocycles. The normalized spacial score (nSPS) is 36.3. The lowest BCUT2D eigenvalue weighted by Crippen LogP contribution is -2.37. The van der Waals surface area contributed by atoms with E-state index in [-0.39, 0.29) is 18.6 Å². The third kappa shape index (κ3) is 4.23. The van der Waals surface area contributed by atoms with Gasteiger partial charge < -0.3 is 19.3 Å². The first kappa shape index (κ1) is 20.8. The van der Waals surface area contributed by atoms with Crippen LogP contribution in [-0.4, -0.2) is 47.6 Å². The topological polar surface area (TPSA) is 85.4 Å². The van der Waals surface area contributed by atoms with Gasteiger partial charge in [0.15, 0.2) is 6.10 Å². The number of aliphatic hydroxyl groups excluding tert-OH is 1. The van der Waals surface area contributed by atoms with Crippen molar-refractivity contribution in [1.82, 2.24) is 0 Å². The second kappa shape index (κ2) is 8.21. The molecule has 0 spiro atoms. The Bertz CT molecular complexity index is 721. The Balaban J connectivity index is 1.93. The highest BCUT2D eigenvalue weighted by Crippen LogP contribution is 2.47. The lowest BCUT2D eigenvalue weighted by atomic mass is 9.83. The molecule has 0 amide bonds. The Labute approximate surface area is 166 Å². The van der Waals surface area contributed by atoms with Crippen molar-refractivity contribution in [2.45, 2.75) is 76.8 Å². The van der Waals surface area contributed by atoms with E-state index in [2.05, 4.69) is 19.6 Å². The predicted octanol–water partition coefficient (Wildman–Crippen LogP) is 3.00. The minimum atomic E-state index is -0.653. The number of carbonyl (C=O) groups excluding carboxylic acids is 2. The van der Waals surface area contributed by atoms with Crippen molar-refractivity contribution < 1.29 is 28.9 Å². The summed E-state index contributed by atoms with van der Waals surface area (Å²) in [5.41, 5.74) is 1.94. The lowest BCUT2D eigenvalue weighted by Gasteiger charge is -2.27. The van der Waals surface area contributed by atoms with Gasteiger partial charge in [-0.05, 0) is 51.5 Å². The summed E-state index contributed by atoms with van der Waals surface area (Å²) in [5.74, 6) is -1.20. The molecule has 0 aromatic rings. The molecule has 6 heteroatoms. The van der Waals surface area contributed by atoms with E-state index in [9.17, 15) is 14.7 Å². The van der Waals surface area contributed by atoms with Crippen molar-refractivity contribution in [3.05, 3.63) is 35.5 Å². The summed E-state index contributed by atoms with van der Waals surface area (Å²) >= 11 is 0. The average Bonchev–Trinajstić information content (AvgIpc) is 3.26. The van der Waals surface area contributed by atoms with Crippen LogP contribution in [0, 0.1) is 5.92 Å². The van der Waals surface area contributed by atoms with E-state index in [0.717, 1.165) is 31.3 Å². The first-order valence-electron chi connectivity index (χ1n) is 9.95. The molecular formula is C22H30O6. The molecule has 0 aromatic heterocycles. The number of epoxide rings is 1. The number of esters is 2. The summed E-state index contributed by atoms with van der Waals surface area (Å²) in [6.45, 7) is 9.19. The maximum Gasteiger partial charge on any atom is 0.334 e. The Morgan fingerprint density at radius 2 is 2.11 bits per heavy atom. The number of rotatable bonds is 2. The Morgan fingerprint density at radius 1 is 1.36 bits per heavy atom. The number of aliphatic hydroxyl groups is 1. The first-order chi connectivity index (χ1) is 13.3. The maximum atomic E-state index is 12.3. The highest BCUT2D eigenvalue weighted by atomic mass is 16.6. The molecule has 6 nitrogen and oxygen atoms in total. The Kier molecular flexibility index (Phi) is 6.10. The minimum absolute atomic E-state index is 0.0600. The van der Waals surface area contributed by atoms with Crippen molar-refractivity contribution in [2.24, 2.45) is 5.92 Å². The van der Waals surface area contributed by atoms with Crippen LogP contribution in [0.1, 0.15) is 52.9 Å². The van der Waals surface area contributed by atoms with Crippen molar-refractivity contribution in [2.75, 3.05) is 6.61 Å². The molecule has 2 fully saturated rings. The third-order valence-corrected chi connectivity index (χ3v) is 6.10. The van der Waals surface area contributed by atoms with E-state index in [1.165, 1.54) is 12.5 Å². The zero-order valence-electron chi connectivity index (χ0n) is 16.9. The molecule has 3 rings (SSSR count). The monoisotopic (exact) mass is 390 g/mol. The second-order valence-electron chi connectivity index (χ2n) is 8.17. The molecule has 1 aliphatic carbocycles. The van der Waals surface area contributed by atoms with Crippen LogP contribution in [0.2, 0.25) is 0 Å². The molecular weight excluding hydrogens is 360 g/mol. The Hall–Kier alpha value is -1.92. The fourth-order valence-electron chi connectivity index (χ4n) is 4.27. The standard InChI is InChI=1S/C22H30O6/c1-13-7-5-9-14(2)19(26-16(4)24)20-17(15(3)21(25)27-20)11-18-22(12-23,28-18)10-6-8-13/h8-9,17-20,23H,3,5-7,10-12H2,1-2,4H3/t17-,18-,19-,20-,22+/m1/s1. The van der Waals surface area contributed by atoms with E-state index in [4.69, 9.17) is 14.2 Å². The quantitative estimate of drug-likeness (QED) is 0.338. The number of ether oxygens (including phenoxy) is 3. The maximum absolute atomic E-state index is 12.3. The summed E-state index contributed by atoms with van der Waals surface area (Å²) in [7, 11) is 0. The lowest BCUT2D eigenvalue weighted by molar-refractivity contribution is -0.157. The van der Waals surface area contributed by atoms with Crippen LogP contribution in [0.4, 0.5) is 0 Å². The molecule has 2 heterocycles. The van der Waals surface area contributed by atoms with Gasteiger partial charge in [-0.1, -0.05) is 24.3 Å². The summed E-state index contributed by atoms with van der Waals surface area (Å²) in [6.07, 6.45) is 6.56. The average molecular weight is 390 g/mol. The minimum Gasteiger partial charge on any atom is -0.454 e. The van der Waals surface area contributed by atoms with Crippen molar-refractivity contribution in [3.63, 3.8) is 0 Å². The van der Waals surface area contributed by atoms with Crippen LogP contribution in [0.25, 0.3) is 0 Å². The van der Waals surface area contributed by atoms with Gasteiger partial charge in [0.1, 0.15) is 11.7 Å². The van der Waals surface area contributed by atoms with Crippen LogP contribution in [0.3, 0.4) is 0 Å². The van der Waals surface area contributed by atoms with Gasteiger partial charge in [0, 0.05) is 18.4 Å². The fraction of sp³-hybridized carbons (Fsp3) is 0.636. The summed E-state index contributed by atoms with van der Waals surface area (Å²) < 4.78 is 17.1. The largest absolute Gasteiger partial charge is 0.454 e. The van der Waals surface area contributed by atoms with Crippen LogP contribution in [0.15, 0.2) is 35.5 Å². The Morgan fingerprint density at radius 3 is 2.79 bits per heavy atom. The smallest absolute Gasteiger partial charge is 0.334 e. The van der Waals surface area contributed by atoms with Crippen LogP contribution >= 0.6 is 0 Å². The van der Waals surface area contributed by atoms with E-state index in [1.807, 2.05) is 13.0 Å². The molecule has 154 valence electrons. The van der Waals surface area contributed by atoms with Gasteiger partial charge in [-0.2, -0.15) is 0 Å². The highest BCUT2D eigenvalue weighted by molar-refractivity contribution is 5.91. The van der Waals surface area contributed by atoms with Crippen molar-refractivity contribution >= 4 is 11.9 Å². The number of carbonyl (C=O) groups is 2. The number of allylic oxidation sites excluding steroid dienone is 3. The van der Waals surface area contributed by atoms with Gasteiger partial charge in [-0.15, -0.1) is 0 Å². The summed E-state index contributed by atoms with van der Waals surface area (Å²) in [5, 5.41) is 9.89. The van der Waals surface area contributed by atoms with Crippen LogP contribution < -0.4 is 0 Å². The molecule has 0 unspecified atom stereocenters. The van der Waals surface area contributed by atoms with Crippen LogP contribution in [0.5, 0.6) is 0 Å². The van der Waals surface area contributed by atoms with Crippen LogP contribution in [-0.2, 0) is 23.8 Å². The molecule has 0 bridgehead atoms.